The average Bonchev–Trinajstić information content (AvgIpc) is 2.54. The first-order valence-electron chi connectivity index (χ1n) is 7.75. The number of aliphatic hydroxyl groups is 1. The van der Waals surface area contributed by atoms with E-state index in [2.05, 4.69) is 23.7 Å². The molecule has 0 aliphatic heterocycles. The van der Waals surface area contributed by atoms with Crippen molar-refractivity contribution in [2.75, 3.05) is 13.2 Å². The van der Waals surface area contributed by atoms with Gasteiger partial charge in [-0.3, -0.25) is 9.88 Å². The van der Waals surface area contributed by atoms with Crippen molar-refractivity contribution in [2.24, 2.45) is 0 Å². The Bertz CT molecular complexity index is 575. The Labute approximate surface area is 136 Å². The molecule has 1 aromatic heterocycles. The first kappa shape index (κ1) is 17.4. The standard InChI is InChI=1S/C18H23FN2O2/c1-14(2)21(11-16-5-3-4-10-20-16)12-17(22)13-23-18-8-6-15(19)7-9-18/h3-10,14,17,22H,11-13H2,1-2H3/t17-/m1/s1. The molecule has 1 N–H and O–H groups in total. The first-order chi connectivity index (χ1) is 11.0. The molecule has 4 nitrogen and oxygen atoms in total. The smallest absolute Gasteiger partial charge is 0.123 e. The van der Waals surface area contributed by atoms with Crippen molar-refractivity contribution < 1.29 is 14.2 Å². The third kappa shape index (κ3) is 5.96. The lowest BCUT2D eigenvalue weighted by Gasteiger charge is -2.28. The molecule has 0 aliphatic carbocycles. The van der Waals surface area contributed by atoms with Crippen LogP contribution in [-0.2, 0) is 6.54 Å². The Hall–Kier alpha value is -1.98. The fraction of sp³-hybridized carbons (Fsp3) is 0.389. The third-order valence-corrected chi connectivity index (χ3v) is 3.52. The van der Waals surface area contributed by atoms with E-state index in [-0.39, 0.29) is 18.5 Å². The van der Waals surface area contributed by atoms with E-state index in [0.717, 1.165) is 5.69 Å². The Balaban J connectivity index is 1.85. The Morgan fingerprint density at radius 3 is 2.52 bits per heavy atom. The molecule has 0 amide bonds. The molecule has 0 saturated heterocycles. The van der Waals surface area contributed by atoms with Crippen LogP contribution in [0.25, 0.3) is 0 Å². The molecule has 0 radical (unpaired) electrons. The second kappa shape index (κ2) is 8.60. The van der Waals surface area contributed by atoms with Crippen LogP contribution in [-0.4, -0.2) is 40.3 Å². The lowest BCUT2D eigenvalue weighted by atomic mass is 10.2. The van der Waals surface area contributed by atoms with E-state index in [9.17, 15) is 9.50 Å². The molecule has 23 heavy (non-hydrogen) atoms. The highest BCUT2D eigenvalue weighted by atomic mass is 19.1. The highest BCUT2D eigenvalue weighted by molar-refractivity contribution is 5.22. The number of benzene rings is 1. The summed E-state index contributed by atoms with van der Waals surface area (Å²) in [6.45, 7) is 5.48. The van der Waals surface area contributed by atoms with Crippen LogP contribution < -0.4 is 4.74 Å². The summed E-state index contributed by atoms with van der Waals surface area (Å²) in [5.41, 5.74) is 0.966. The molecular formula is C18H23FN2O2. The van der Waals surface area contributed by atoms with Gasteiger partial charge in [-0.25, -0.2) is 4.39 Å². The number of aliphatic hydroxyl groups excluding tert-OH is 1. The number of hydrogen-bond donors (Lipinski definition) is 1. The SMILES string of the molecule is CC(C)N(Cc1ccccn1)C[C@@H](O)COc1ccc(F)cc1. The zero-order valence-electron chi connectivity index (χ0n) is 13.5. The molecule has 1 heterocycles. The number of halogens is 1. The first-order valence-corrected chi connectivity index (χ1v) is 7.75. The Morgan fingerprint density at radius 2 is 1.91 bits per heavy atom. The number of hydrogen-bond acceptors (Lipinski definition) is 4. The van der Waals surface area contributed by atoms with Gasteiger partial charge >= 0.3 is 0 Å². The summed E-state index contributed by atoms with van der Waals surface area (Å²) < 4.78 is 18.3. The largest absolute Gasteiger partial charge is 0.491 e. The van der Waals surface area contributed by atoms with Gasteiger partial charge in [0.15, 0.2) is 0 Å². The van der Waals surface area contributed by atoms with Crippen LogP contribution >= 0.6 is 0 Å². The summed E-state index contributed by atoms with van der Waals surface area (Å²) in [6, 6.07) is 11.9. The van der Waals surface area contributed by atoms with Crippen LogP contribution in [0.1, 0.15) is 19.5 Å². The quantitative estimate of drug-likeness (QED) is 0.813. The summed E-state index contributed by atoms with van der Waals surface area (Å²) in [7, 11) is 0. The van der Waals surface area contributed by atoms with Gasteiger partial charge in [-0.15, -0.1) is 0 Å². The van der Waals surface area contributed by atoms with E-state index in [4.69, 9.17) is 4.74 Å². The van der Waals surface area contributed by atoms with E-state index in [1.807, 2.05) is 18.2 Å². The van der Waals surface area contributed by atoms with Gasteiger partial charge in [0.1, 0.15) is 24.3 Å². The highest BCUT2D eigenvalue weighted by Crippen LogP contribution is 2.12. The van der Waals surface area contributed by atoms with Gasteiger partial charge in [0, 0.05) is 25.3 Å². The van der Waals surface area contributed by atoms with Gasteiger partial charge < -0.3 is 9.84 Å². The summed E-state index contributed by atoms with van der Waals surface area (Å²) in [5, 5.41) is 10.2. The maximum atomic E-state index is 12.8. The van der Waals surface area contributed by atoms with Crippen molar-refractivity contribution in [3.05, 3.63) is 60.2 Å². The topological polar surface area (TPSA) is 45.6 Å². The zero-order valence-corrected chi connectivity index (χ0v) is 13.5. The second-order valence-electron chi connectivity index (χ2n) is 5.76. The third-order valence-electron chi connectivity index (χ3n) is 3.52. The van der Waals surface area contributed by atoms with Crippen LogP contribution in [0.3, 0.4) is 0 Å². The zero-order chi connectivity index (χ0) is 16.7. The number of pyridine rings is 1. The van der Waals surface area contributed by atoms with Crippen LogP contribution in [0, 0.1) is 5.82 Å². The molecule has 2 rings (SSSR count). The van der Waals surface area contributed by atoms with Gasteiger partial charge in [-0.05, 0) is 50.2 Å². The highest BCUT2D eigenvalue weighted by Gasteiger charge is 2.16. The maximum Gasteiger partial charge on any atom is 0.123 e. The van der Waals surface area contributed by atoms with E-state index in [1.54, 1.807) is 18.3 Å². The van der Waals surface area contributed by atoms with Gasteiger partial charge in [-0.2, -0.15) is 0 Å². The molecule has 0 spiro atoms. The molecule has 2 aromatic rings. The van der Waals surface area contributed by atoms with Gasteiger partial charge in [0.2, 0.25) is 0 Å². The van der Waals surface area contributed by atoms with Crippen LogP contribution in [0.5, 0.6) is 5.75 Å². The minimum Gasteiger partial charge on any atom is -0.491 e. The second-order valence-corrected chi connectivity index (χ2v) is 5.76. The van der Waals surface area contributed by atoms with Crippen molar-refractivity contribution in [1.82, 2.24) is 9.88 Å². The minimum absolute atomic E-state index is 0.164. The molecule has 0 fully saturated rings. The summed E-state index contributed by atoms with van der Waals surface area (Å²) in [5.74, 6) is 0.241. The monoisotopic (exact) mass is 318 g/mol. The predicted molar refractivity (Wildman–Crippen MR) is 87.7 cm³/mol. The van der Waals surface area contributed by atoms with E-state index in [0.29, 0.717) is 18.8 Å². The molecule has 0 saturated carbocycles. The number of aromatic nitrogens is 1. The van der Waals surface area contributed by atoms with E-state index in [1.165, 1.54) is 12.1 Å². The summed E-state index contributed by atoms with van der Waals surface area (Å²) >= 11 is 0. The maximum absolute atomic E-state index is 12.8. The van der Waals surface area contributed by atoms with Gasteiger partial charge in [0.05, 0.1) is 5.69 Å². The molecule has 0 bridgehead atoms. The van der Waals surface area contributed by atoms with Crippen molar-refractivity contribution >= 4 is 0 Å². The molecule has 1 aromatic carbocycles. The molecule has 1 atom stereocenters. The van der Waals surface area contributed by atoms with Gasteiger partial charge in [0.25, 0.3) is 0 Å². The fourth-order valence-electron chi connectivity index (χ4n) is 2.20. The lowest BCUT2D eigenvalue weighted by Crippen LogP contribution is -2.39. The number of ether oxygens (including phenoxy) is 1. The molecule has 0 aliphatic rings. The molecule has 5 heteroatoms. The van der Waals surface area contributed by atoms with Crippen molar-refractivity contribution in [3.63, 3.8) is 0 Å². The van der Waals surface area contributed by atoms with Gasteiger partial charge in [-0.1, -0.05) is 6.07 Å². The van der Waals surface area contributed by atoms with Crippen LogP contribution in [0.4, 0.5) is 4.39 Å². The molecular weight excluding hydrogens is 295 g/mol. The van der Waals surface area contributed by atoms with Crippen molar-refractivity contribution in [1.29, 1.82) is 0 Å². The predicted octanol–water partition coefficient (Wildman–Crippen LogP) is 2.87. The lowest BCUT2D eigenvalue weighted by molar-refractivity contribution is 0.0538. The van der Waals surface area contributed by atoms with Crippen LogP contribution in [0.15, 0.2) is 48.7 Å². The Morgan fingerprint density at radius 1 is 1.17 bits per heavy atom. The molecule has 0 unspecified atom stereocenters. The average molecular weight is 318 g/mol. The Kier molecular flexibility index (Phi) is 6.50. The normalized spacial score (nSPS) is 12.6. The van der Waals surface area contributed by atoms with E-state index >= 15 is 0 Å². The number of nitrogens with zero attached hydrogens (tertiary/aromatic N) is 2. The molecule has 124 valence electrons. The van der Waals surface area contributed by atoms with E-state index < -0.39 is 6.10 Å². The van der Waals surface area contributed by atoms with Crippen LogP contribution in [0.2, 0.25) is 0 Å². The van der Waals surface area contributed by atoms with Crippen molar-refractivity contribution in [3.8, 4) is 5.75 Å². The number of rotatable bonds is 8. The fourth-order valence-corrected chi connectivity index (χ4v) is 2.20. The minimum atomic E-state index is -0.633. The summed E-state index contributed by atoms with van der Waals surface area (Å²) in [4.78, 5) is 6.46. The van der Waals surface area contributed by atoms with Crippen molar-refractivity contribution in [2.45, 2.75) is 32.5 Å². The summed E-state index contributed by atoms with van der Waals surface area (Å²) in [6.07, 6.45) is 1.13.